The van der Waals surface area contributed by atoms with Crippen LogP contribution in [0.25, 0.3) is 0 Å². The fraction of sp³-hybridized carbons (Fsp3) is 0.250. The highest BCUT2D eigenvalue weighted by atomic mass is 16.3. The molecule has 1 saturated heterocycles. The predicted molar refractivity (Wildman–Crippen MR) is 101 cm³/mol. The van der Waals surface area contributed by atoms with Crippen molar-refractivity contribution in [2.75, 3.05) is 11.4 Å². The molecule has 1 aliphatic heterocycles. The fourth-order valence-electron chi connectivity index (χ4n) is 2.87. The summed E-state index contributed by atoms with van der Waals surface area (Å²) >= 11 is 0. The van der Waals surface area contributed by atoms with Crippen molar-refractivity contribution in [1.82, 2.24) is 5.43 Å². The molecule has 6 nitrogen and oxygen atoms in total. The van der Waals surface area contributed by atoms with Gasteiger partial charge in [-0.15, -0.1) is 0 Å². The molecule has 2 aromatic rings. The normalized spacial score (nSPS) is 14.2. The van der Waals surface area contributed by atoms with Crippen molar-refractivity contribution >= 4 is 23.7 Å². The minimum atomic E-state index is -0.355. The third-order valence-electron chi connectivity index (χ3n) is 4.38. The fourth-order valence-corrected chi connectivity index (χ4v) is 2.87. The SMILES string of the molecule is CCc1ccc(O)c(C=NNC(=O)c2ccc(N3CCCC3=O)cc2)c1. The first-order chi connectivity index (χ1) is 12.6. The smallest absolute Gasteiger partial charge is 0.271 e. The first-order valence-electron chi connectivity index (χ1n) is 8.64. The van der Waals surface area contributed by atoms with Crippen LogP contribution in [0.2, 0.25) is 0 Å². The lowest BCUT2D eigenvalue weighted by Gasteiger charge is -2.15. The summed E-state index contributed by atoms with van der Waals surface area (Å²) in [7, 11) is 0. The van der Waals surface area contributed by atoms with Crippen molar-refractivity contribution in [2.45, 2.75) is 26.2 Å². The topological polar surface area (TPSA) is 82.0 Å². The molecule has 1 aliphatic rings. The molecule has 0 bridgehead atoms. The lowest BCUT2D eigenvalue weighted by molar-refractivity contribution is -0.117. The first-order valence-corrected chi connectivity index (χ1v) is 8.64. The lowest BCUT2D eigenvalue weighted by Crippen LogP contribution is -2.24. The zero-order valence-electron chi connectivity index (χ0n) is 14.6. The summed E-state index contributed by atoms with van der Waals surface area (Å²) in [6, 6.07) is 12.1. The van der Waals surface area contributed by atoms with Crippen molar-refractivity contribution in [3.8, 4) is 5.75 Å². The van der Waals surface area contributed by atoms with Gasteiger partial charge in [-0.2, -0.15) is 5.10 Å². The lowest BCUT2D eigenvalue weighted by atomic mass is 10.1. The van der Waals surface area contributed by atoms with Gasteiger partial charge in [0.15, 0.2) is 0 Å². The molecule has 26 heavy (non-hydrogen) atoms. The van der Waals surface area contributed by atoms with E-state index in [0.717, 1.165) is 30.6 Å². The van der Waals surface area contributed by atoms with Crippen LogP contribution in [0.4, 0.5) is 5.69 Å². The predicted octanol–water partition coefficient (Wildman–Crippen LogP) is 2.85. The molecule has 0 aromatic heterocycles. The molecule has 134 valence electrons. The maximum absolute atomic E-state index is 12.2. The Morgan fingerprint density at radius 2 is 2.04 bits per heavy atom. The van der Waals surface area contributed by atoms with Gasteiger partial charge in [0.25, 0.3) is 5.91 Å². The van der Waals surface area contributed by atoms with Gasteiger partial charge in [-0.3, -0.25) is 9.59 Å². The molecular weight excluding hydrogens is 330 g/mol. The van der Waals surface area contributed by atoms with Crippen LogP contribution < -0.4 is 10.3 Å². The highest BCUT2D eigenvalue weighted by molar-refractivity contribution is 5.98. The third kappa shape index (κ3) is 3.91. The second-order valence-electron chi connectivity index (χ2n) is 6.14. The van der Waals surface area contributed by atoms with E-state index in [4.69, 9.17) is 0 Å². The van der Waals surface area contributed by atoms with E-state index in [1.165, 1.54) is 6.21 Å². The van der Waals surface area contributed by atoms with E-state index in [9.17, 15) is 14.7 Å². The monoisotopic (exact) mass is 351 g/mol. The van der Waals surface area contributed by atoms with E-state index < -0.39 is 0 Å². The van der Waals surface area contributed by atoms with Crippen LogP contribution in [0.3, 0.4) is 0 Å². The number of amides is 2. The minimum Gasteiger partial charge on any atom is -0.507 e. The number of phenolic OH excluding ortho intramolecular Hbond substituents is 1. The van der Waals surface area contributed by atoms with Crippen LogP contribution >= 0.6 is 0 Å². The van der Waals surface area contributed by atoms with E-state index in [0.29, 0.717) is 17.5 Å². The molecule has 0 spiro atoms. The van der Waals surface area contributed by atoms with Crippen molar-refractivity contribution < 1.29 is 14.7 Å². The summed E-state index contributed by atoms with van der Waals surface area (Å²) in [6.45, 7) is 2.74. The quantitative estimate of drug-likeness (QED) is 0.642. The summed E-state index contributed by atoms with van der Waals surface area (Å²) in [5.74, 6) is -0.132. The zero-order valence-corrected chi connectivity index (χ0v) is 14.6. The Hall–Kier alpha value is -3.15. The summed E-state index contributed by atoms with van der Waals surface area (Å²) in [6.07, 6.45) is 3.70. The van der Waals surface area contributed by atoms with Gasteiger partial charge < -0.3 is 10.0 Å². The molecule has 0 saturated carbocycles. The molecule has 2 aromatic carbocycles. The second kappa shape index (κ2) is 7.82. The van der Waals surface area contributed by atoms with Crippen LogP contribution in [-0.2, 0) is 11.2 Å². The van der Waals surface area contributed by atoms with Crippen LogP contribution in [0.1, 0.15) is 41.3 Å². The Labute approximate surface area is 152 Å². The summed E-state index contributed by atoms with van der Waals surface area (Å²) in [5, 5.41) is 13.7. The van der Waals surface area contributed by atoms with Crippen molar-refractivity contribution in [3.63, 3.8) is 0 Å². The van der Waals surface area contributed by atoms with Gasteiger partial charge in [0.1, 0.15) is 5.75 Å². The second-order valence-corrected chi connectivity index (χ2v) is 6.14. The van der Waals surface area contributed by atoms with Gasteiger partial charge in [-0.05, 0) is 54.8 Å². The molecular formula is C20H21N3O3. The zero-order chi connectivity index (χ0) is 18.5. The van der Waals surface area contributed by atoms with Gasteiger partial charge in [-0.1, -0.05) is 13.0 Å². The van der Waals surface area contributed by atoms with Gasteiger partial charge >= 0.3 is 0 Å². The molecule has 1 heterocycles. The van der Waals surface area contributed by atoms with Gasteiger partial charge in [0, 0.05) is 29.8 Å². The number of carbonyl (C=O) groups is 2. The highest BCUT2D eigenvalue weighted by Crippen LogP contribution is 2.21. The third-order valence-corrected chi connectivity index (χ3v) is 4.38. The number of nitrogens with zero attached hydrogens (tertiary/aromatic N) is 2. The summed E-state index contributed by atoms with van der Waals surface area (Å²) in [5.41, 5.74) is 5.32. The standard InChI is InChI=1S/C20H21N3O3/c1-2-14-5-10-18(24)16(12-14)13-21-22-20(26)15-6-8-17(9-7-15)23-11-3-4-19(23)25/h5-10,12-13,24H,2-4,11H2,1H3,(H,22,26). The highest BCUT2D eigenvalue weighted by Gasteiger charge is 2.21. The van der Waals surface area contributed by atoms with Crippen LogP contribution in [0.15, 0.2) is 47.6 Å². The molecule has 2 amide bonds. The molecule has 1 fully saturated rings. The van der Waals surface area contributed by atoms with E-state index in [-0.39, 0.29) is 17.6 Å². The number of benzene rings is 2. The molecule has 0 radical (unpaired) electrons. The van der Waals surface area contributed by atoms with Gasteiger partial charge in [-0.25, -0.2) is 5.43 Å². The number of hydrogen-bond acceptors (Lipinski definition) is 4. The Bertz CT molecular complexity index is 844. The Morgan fingerprint density at radius 3 is 2.69 bits per heavy atom. The minimum absolute atomic E-state index is 0.111. The first kappa shape index (κ1) is 17.7. The van der Waals surface area contributed by atoms with Gasteiger partial charge in [0.2, 0.25) is 5.91 Å². The summed E-state index contributed by atoms with van der Waals surface area (Å²) < 4.78 is 0. The largest absolute Gasteiger partial charge is 0.507 e. The maximum Gasteiger partial charge on any atom is 0.271 e. The number of nitrogens with one attached hydrogen (secondary N) is 1. The number of aryl methyl sites for hydroxylation is 1. The molecule has 0 atom stereocenters. The number of aromatic hydroxyl groups is 1. The summed E-state index contributed by atoms with van der Waals surface area (Å²) in [4.78, 5) is 25.6. The molecule has 6 heteroatoms. The Morgan fingerprint density at radius 1 is 1.27 bits per heavy atom. The number of rotatable bonds is 5. The Kier molecular flexibility index (Phi) is 5.31. The van der Waals surface area contributed by atoms with E-state index >= 15 is 0 Å². The number of hydrogen-bond donors (Lipinski definition) is 2. The molecule has 0 unspecified atom stereocenters. The van der Waals surface area contributed by atoms with Crippen LogP contribution in [-0.4, -0.2) is 29.7 Å². The average Bonchev–Trinajstić information content (AvgIpc) is 3.09. The van der Waals surface area contributed by atoms with Crippen molar-refractivity contribution in [2.24, 2.45) is 5.10 Å². The van der Waals surface area contributed by atoms with Gasteiger partial charge in [0.05, 0.1) is 6.21 Å². The van der Waals surface area contributed by atoms with Crippen molar-refractivity contribution in [1.29, 1.82) is 0 Å². The number of carbonyl (C=O) groups excluding carboxylic acids is 2. The van der Waals surface area contributed by atoms with Crippen LogP contribution in [0, 0.1) is 0 Å². The maximum atomic E-state index is 12.2. The molecule has 2 N–H and O–H groups in total. The number of anilines is 1. The number of phenols is 1. The van der Waals surface area contributed by atoms with E-state index in [1.807, 2.05) is 19.1 Å². The van der Waals surface area contributed by atoms with Crippen LogP contribution in [0.5, 0.6) is 5.75 Å². The average molecular weight is 351 g/mol. The molecule has 0 aliphatic carbocycles. The number of hydrazone groups is 1. The van der Waals surface area contributed by atoms with E-state index in [1.54, 1.807) is 35.2 Å². The Balaban J connectivity index is 1.64. The van der Waals surface area contributed by atoms with Crippen molar-refractivity contribution in [3.05, 3.63) is 59.2 Å². The van der Waals surface area contributed by atoms with E-state index in [2.05, 4.69) is 10.5 Å². The molecule has 3 rings (SSSR count).